The van der Waals surface area contributed by atoms with Crippen LogP contribution in [0.2, 0.25) is 0 Å². The van der Waals surface area contributed by atoms with Gasteiger partial charge in [-0.05, 0) is 56.7 Å². The Labute approximate surface area is 157 Å². The topological polar surface area (TPSA) is 90.7 Å². The van der Waals surface area contributed by atoms with E-state index >= 15 is 0 Å². The summed E-state index contributed by atoms with van der Waals surface area (Å²) < 4.78 is 0. The van der Waals surface area contributed by atoms with E-state index in [1.807, 2.05) is 32.0 Å². The second-order valence-electron chi connectivity index (χ2n) is 6.27. The number of nitriles is 1. The van der Waals surface area contributed by atoms with Gasteiger partial charge in [0, 0.05) is 17.4 Å². The van der Waals surface area contributed by atoms with E-state index in [9.17, 15) is 4.79 Å². The number of aromatic nitrogens is 2. The van der Waals surface area contributed by atoms with Crippen molar-refractivity contribution < 1.29 is 4.79 Å². The number of hydrogen-bond donors (Lipinski definition) is 2. The molecule has 0 saturated heterocycles. The van der Waals surface area contributed by atoms with Gasteiger partial charge in [0.15, 0.2) is 0 Å². The van der Waals surface area contributed by atoms with E-state index in [1.165, 1.54) is 0 Å². The molecule has 0 unspecified atom stereocenters. The third kappa shape index (κ3) is 4.47. The van der Waals surface area contributed by atoms with Crippen molar-refractivity contribution in [1.29, 1.82) is 5.26 Å². The second kappa shape index (κ2) is 7.67. The van der Waals surface area contributed by atoms with Crippen molar-refractivity contribution in [2.45, 2.75) is 20.8 Å². The molecule has 2 N–H and O–H groups in total. The van der Waals surface area contributed by atoms with Crippen LogP contribution in [0.3, 0.4) is 0 Å². The Hall–Kier alpha value is -3.72. The molecular weight excluding hydrogens is 338 g/mol. The maximum atomic E-state index is 12.6. The molecule has 1 heterocycles. The van der Waals surface area contributed by atoms with Crippen molar-refractivity contribution in [1.82, 2.24) is 9.97 Å². The van der Waals surface area contributed by atoms with Crippen LogP contribution in [0.15, 0.2) is 48.5 Å². The van der Waals surface area contributed by atoms with Crippen molar-refractivity contribution in [3.63, 3.8) is 0 Å². The Bertz CT molecular complexity index is 1040. The SMILES string of the molecule is Cc1ccc(NC(=O)c2cc(Nc3ccc(C#N)cc3)nc(C)n2)c(C)c1. The van der Waals surface area contributed by atoms with Gasteiger partial charge < -0.3 is 10.6 Å². The molecule has 0 radical (unpaired) electrons. The molecule has 1 aromatic heterocycles. The van der Waals surface area contributed by atoms with E-state index in [2.05, 4.69) is 26.7 Å². The maximum Gasteiger partial charge on any atom is 0.274 e. The largest absolute Gasteiger partial charge is 0.340 e. The molecule has 0 aliphatic heterocycles. The van der Waals surface area contributed by atoms with Crippen molar-refractivity contribution in [2.24, 2.45) is 0 Å². The van der Waals surface area contributed by atoms with Gasteiger partial charge in [0.05, 0.1) is 11.6 Å². The summed E-state index contributed by atoms with van der Waals surface area (Å²) in [7, 11) is 0. The summed E-state index contributed by atoms with van der Waals surface area (Å²) in [6.07, 6.45) is 0. The Morgan fingerprint density at radius 1 is 1.00 bits per heavy atom. The first-order valence-corrected chi connectivity index (χ1v) is 8.46. The molecule has 27 heavy (non-hydrogen) atoms. The summed E-state index contributed by atoms with van der Waals surface area (Å²) in [4.78, 5) is 21.2. The zero-order valence-electron chi connectivity index (χ0n) is 15.4. The average Bonchev–Trinajstić information content (AvgIpc) is 2.64. The highest BCUT2D eigenvalue weighted by atomic mass is 16.1. The number of anilines is 3. The number of aryl methyl sites for hydroxylation is 3. The van der Waals surface area contributed by atoms with Crippen LogP contribution in [-0.2, 0) is 0 Å². The lowest BCUT2D eigenvalue weighted by atomic mass is 10.1. The lowest BCUT2D eigenvalue weighted by Gasteiger charge is -2.11. The Morgan fingerprint density at radius 2 is 1.74 bits per heavy atom. The van der Waals surface area contributed by atoms with Crippen molar-refractivity contribution in [3.05, 3.63) is 76.7 Å². The normalized spacial score (nSPS) is 10.1. The standard InChI is InChI=1S/C21H19N5O/c1-13-4-9-18(14(2)10-13)26-21(27)19-11-20(24-15(3)23-19)25-17-7-5-16(12-22)6-8-17/h4-11H,1-3H3,(H,26,27)(H,23,24,25). The number of benzene rings is 2. The molecule has 0 aliphatic carbocycles. The fourth-order valence-corrected chi connectivity index (χ4v) is 2.66. The van der Waals surface area contributed by atoms with E-state index in [0.717, 1.165) is 22.5 Å². The molecule has 6 nitrogen and oxygen atoms in total. The first-order valence-electron chi connectivity index (χ1n) is 8.46. The number of amides is 1. The number of nitrogens with zero attached hydrogens (tertiary/aromatic N) is 3. The molecule has 0 saturated carbocycles. The highest BCUT2D eigenvalue weighted by molar-refractivity contribution is 6.03. The summed E-state index contributed by atoms with van der Waals surface area (Å²) in [5.41, 5.74) is 4.50. The summed E-state index contributed by atoms with van der Waals surface area (Å²) in [5.74, 6) is 0.702. The third-order valence-electron chi connectivity index (χ3n) is 3.99. The number of nitrogens with one attached hydrogen (secondary N) is 2. The molecule has 3 aromatic rings. The second-order valence-corrected chi connectivity index (χ2v) is 6.27. The molecule has 2 aromatic carbocycles. The molecule has 1 amide bonds. The number of hydrogen-bond acceptors (Lipinski definition) is 5. The van der Waals surface area contributed by atoms with Crippen LogP contribution in [0.4, 0.5) is 17.2 Å². The molecule has 0 fully saturated rings. The van der Waals surface area contributed by atoms with E-state index in [1.54, 1.807) is 37.3 Å². The monoisotopic (exact) mass is 357 g/mol. The van der Waals surface area contributed by atoms with Gasteiger partial charge in [-0.3, -0.25) is 4.79 Å². The maximum absolute atomic E-state index is 12.6. The van der Waals surface area contributed by atoms with Gasteiger partial charge in [0.1, 0.15) is 17.3 Å². The molecule has 0 bridgehead atoms. The third-order valence-corrected chi connectivity index (χ3v) is 3.99. The Kier molecular flexibility index (Phi) is 5.13. The van der Waals surface area contributed by atoms with Gasteiger partial charge in [0.25, 0.3) is 5.91 Å². The molecule has 6 heteroatoms. The quantitative estimate of drug-likeness (QED) is 0.728. The van der Waals surface area contributed by atoms with Crippen LogP contribution < -0.4 is 10.6 Å². The molecule has 3 rings (SSSR count). The van der Waals surface area contributed by atoms with Crippen LogP contribution >= 0.6 is 0 Å². The van der Waals surface area contributed by atoms with Gasteiger partial charge in [0.2, 0.25) is 0 Å². The van der Waals surface area contributed by atoms with E-state index in [0.29, 0.717) is 17.2 Å². The summed E-state index contributed by atoms with van der Waals surface area (Å²) in [5, 5.41) is 14.9. The van der Waals surface area contributed by atoms with Crippen LogP contribution in [0, 0.1) is 32.1 Å². The highest BCUT2D eigenvalue weighted by Crippen LogP contribution is 2.19. The Balaban J connectivity index is 1.81. The van der Waals surface area contributed by atoms with E-state index in [-0.39, 0.29) is 11.6 Å². The summed E-state index contributed by atoms with van der Waals surface area (Å²) in [6, 6.07) is 16.5. The van der Waals surface area contributed by atoms with E-state index < -0.39 is 0 Å². The Morgan fingerprint density at radius 3 is 2.41 bits per heavy atom. The molecular formula is C21H19N5O. The zero-order valence-corrected chi connectivity index (χ0v) is 15.4. The average molecular weight is 357 g/mol. The molecule has 0 atom stereocenters. The van der Waals surface area contributed by atoms with Gasteiger partial charge in [-0.1, -0.05) is 17.7 Å². The summed E-state index contributed by atoms with van der Waals surface area (Å²) in [6.45, 7) is 5.69. The van der Waals surface area contributed by atoms with Crippen molar-refractivity contribution in [2.75, 3.05) is 10.6 Å². The predicted molar refractivity (Wildman–Crippen MR) is 105 cm³/mol. The van der Waals surface area contributed by atoms with Gasteiger partial charge in [-0.25, -0.2) is 9.97 Å². The number of rotatable bonds is 4. The highest BCUT2D eigenvalue weighted by Gasteiger charge is 2.12. The smallest absolute Gasteiger partial charge is 0.274 e. The predicted octanol–water partition coefficient (Wildman–Crippen LogP) is 4.27. The van der Waals surface area contributed by atoms with Crippen molar-refractivity contribution >= 4 is 23.1 Å². The number of carbonyl (C=O) groups is 1. The van der Waals surface area contributed by atoms with Crippen LogP contribution in [0.1, 0.15) is 33.0 Å². The van der Waals surface area contributed by atoms with E-state index in [4.69, 9.17) is 5.26 Å². The number of carbonyl (C=O) groups excluding carboxylic acids is 1. The van der Waals surface area contributed by atoms with Crippen LogP contribution in [0.5, 0.6) is 0 Å². The fraction of sp³-hybridized carbons (Fsp3) is 0.143. The first-order chi connectivity index (χ1) is 12.9. The lowest BCUT2D eigenvalue weighted by molar-refractivity contribution is 0.102. The molecule has 0 aliphatic rings. The van der Waals surface area contributed by atoms with Gasteiger partial charge in [-0.15, -0.1) is 0 Å². The zero-order chi connectivity index (χ0) is 19.4. The lowest BCUT2D eigenvalue weighted by Crippen LogP contribution is -2.16. The molecule has 134 valence electrons. The summed E-state index contributed by atoms with van der Waals surface area (Å²) >= 11 is 0. The molecule has 0 spiro atoms. The fourth-order valence-electron chi connectivity index (χ4n) is 2.66. The van der Waals surface area contributed by atoms with Gasteiger partial charge >= 0.3 is 0 Å². The van der Waals surface area contributed by atoms with Crippen LogP contribution in [-0.4, -0.2) is 15.9 Å². The first kappa shape index (κ1) is 18.1. The minimum Gasteiger partial charge on any atom is -0.340 e. The minimum absolute atomic E-state index is 0.277. The van der Waals surface area contributed by atoms with Gasteiger partial charge in [-0.2, -0.15) is 5.26 Å². The van der Waals surface area contributed by atoms with Crippen molar-refractivity contribution in [3.8, 4) is 6.07 Å². The van der Waals surface area contributed by atoms with Crippen LogP contribution in [0.25, 0.3) is 0 Å². The minimum atomic E-state index is -0.296.